The van der Waals surface area contributed by atoms with Gasteiger partial charge in [-0.2, -0.15) is 0 Å². The molecular formula is C14H16N2OS. The van der Waals surface area contributed by atoms with Crippen LogP contribution in [0.2, 0.25) is 0 Å². The minimum Gasteiger partial charge on any atom is -0.497 e. The van der Waals surface area contributed by atoms with Crippen LogP contribution in [0.4, 0.5) is 0 Å². The summed E-state index contributed by atoms with van der Waals surface area (Å²) in [5.74, 6) is 0.937. The Morgan fingerprint density at radius 2 is 2.33 bits per heavy atom. The number of ether oxygens (including phenoxy) is 1. The average molecular weight is 260 g/mol. The van der Waals surface area contributed by atoms with Crippen molar-refractivity contribution in [1.82, 2.24) is 9.55 Å². The quantitative estimate of drug-likeness (QED) is 0.838. The van der Waals surface area contributed by atoms with Crippen molar-refractivity contribution in [3.05, 3.63) is 46.5 Å². The van der Waals surface area contributed by atoms with E-state index < -0.39 is 0 Å². The third-order valence-corrected chi connectivity index (χ3v) is 3.97. The van der Waals surface area contributed by atoms with Crippen LogP contribution in [-0.4, -0.2) is 16.7 Å². The molecule has 3 rings (SSSR count). The summed E-state index contributed by atoms with van der Waals surface area (Å²) in [7, 11) is 1.71. The molecule has 2 aromatic rings. The highest BCUT2D eigenvalue weighted by molar-refractivity contribution is 7.71. The molecule has 1 unspecified atom stereocenters. The number of aryl methyl sites for hydroxylation is 1. The van der Waals surface area contributed by atoms with Gasteiger partial charge in [-0.25, -0.2) is 0 Å². The van der Waals surface area contributed by atoms with Crippen molar-refractivity contribution in [2.75, 3.05) is 7.11 Å². The van der Waals surface area contributed by atoms with Gasteiger partial charge >= 0.3 is 0 Å². The fourth-order valence-electron chi connectivity index (χ4n) is 2.76. The van der Waals surface area contributed by atoms with Crippen LogP contribution < -0.4 is 4.74 Å². The highest BCUT2D eigenvalue weighted by atomic mass is 32.1. The van der Waals surface area contributed by atoms with Crippen LogP contribution in [0.5, 0.6) is 5.75 Å². The van der Waals surface area contributed by atoms with Gasteiger partial charge in [-0.1, -0.05) is 6.07 Å². The van der Waals surface area contributed by atoms with Crippen molar-refractivity contribution in [2.24, 2.45) is 0 Å². The highest BCUT2D eigenvalue weighted by Crippen LogP contribution is 2.34. The lowest BCUT2D eigenvalue weighted by molar-refractivity contribution is 0.411. The Morgan fingerprint density at radius 3 is 3.06 bits per heavy atom. The van der Waals surface area contributed by atoms with E-state index in [9.17, 15) is 0 Å². The third kappa shape index (κ3) is 1.86. The van der Waals surface area contributed by atoms with Gasteiger partial charge in [-0.05, 0) is 54.7 Å². The van der Waals surface area contributed by atoms with E-state index in [1.165, 1.54) is 17.5 Å². The number of hydrogen-bond donors (Lipinski definition) is 1. The largest absolute Gasteiger partial charge is 0.497 e. The minimum absolute atomic E-state index is 0.360. The molecule has 1 aliphatic carbocycles. The van der Waals surface area contributed by atoms with Gasteiger partial charge in [0.05, 0.1) is 13.2 Å². The minimum atomic E-state index is 0.360. The monoisotopic (exact) mass is 260 g/mol. The van der Waals surface area contributed by atoms with E-state index in [0.29, 0.717) is 6.04 Å². The molecule has 0 fully saturated rings. The zero-order chi connectivity index (χ0) is 12.5. The van der Waals surface area contributed by atoms with E-state index >= 15 is 0 Å². The zero-order valence-corrected chi connectivity index (χ0v) is 11.2. The fraction of sp³-hybridized carbons (Fsp3) is 0.357. The second-order valence-electron chi connectivity index (χ2n) is 4.65. The lowest BCUT2D eigenvalue weighted by atomic mass is 9.87. The van der Waals surface area contributed by atoms with Crippen molar-refractivity contribution < 1.29 is 4.74 Å². The van der Waals surface area contributed by atoms with Gasteiger partial charge in [0, 0.05) is 12.4 Å². The normalized spacial score (nSPS) is 18.4. The van der Waals surface area contributed by atoms with Crippen LogP contribution in [0.25, 0.3) is 0 Å². The number of imidazole rings is 1. The number of nitrogens with zero attached hydrogens (tertiary/aromatic N) is 1. The van der Waals surface area contributed by atoms with Crippen LogP contribution in [-0.2, 0) is 6.42 Å². The molecule has 3 nitrogen and oxygen atoms in total. The molecule has 0 amide bonds. The Bertz CT molecular complexity index is 614. The summed E-state index contributed by atoms with van der Waals surface area (Å²) >= 11 is 5.33. The SMILES string of the molecule is COc1ccc2c(c1)CCCC2n1cc[nH]c1=S. The van der Waals surface area contributed by atoms with Crippen molar-refractivity contribution in [3.63, 3.8) is 0 Å². The second-order valence-corrected chi connectivity index (χ2v) is 5.03. The number of nitrogens with one attached hydrogen (secondary N) is 1. The van der Waals surface area contributed by atoms with Crippen molar-refractivity contribution in [3.8, 4) is 5.75 Å². The molecule has 1 aromatic heterocycles. The van der Waals surface area contributed by atoms with Gasteiger partial charge in [-0.3, -0.25) is 0 Å². The lowest BCUT2D eigenvalue weighted by Crippen LogP contribution is -2.16. The van der Waals surface area contributed by atoms with Crippen molar-refractivity contribution >= 4 is 12.2 Å². The maximum absolute atomic E-state index is 5.33. The Balaban J connectivity index is 2.07. The summed E-state index contributed by atoms with van der Waals surface area (Å²) < 4.78 is 8.24. The third-order valence-electron chi connectivity index (χ3n) is 3.65. The predicted octanol–water partition coefficient (Wildman–Crippen LogP) is 3.48. The van der Waals surface area contributed by atoms with Crippen LogP contribution in [0.1, 0.15) is 30.0 Å². The molecule has 0 radical (unpaired) electrons. The van der Waals surface area contributed by atoms with Crippen LogP contribution in [0.3, 0.4) is 0 Å². The molecule has 0 spiro atoms. The average Bonchev–Trinajstić information content (AvgIpc) is 2.83. The number of H-pyrrole nitrogens is 1. The van der Waals surface area contributed by atoms with Crippen molar-refractivity contribution in [1.29, 1.82) is 0 Å². The Labute approximate surface area is 111 Å². The number of hydrogen-bond acceptors (Lipinski definition) is 2. The van der Waals surface area contributed by atoms with Gasteiger partial charge in [-0.15, -0.1) is 0 Å². The maximum Gasteiger partial charge on any atom is 0.177 e. The first-order valence-corrected chi connectivity index (χ1v) is 6.63. The predicted molar refractivity (Wildman–Crippen MR) is 73.7 cm³/mol. The molecule has 0 aliphatic heterocycles. The molecule has 1 atom stereocenters. The van der Waals surface area contributed by atoms with E-state index in [0.717, 1.165) is 23.4 Å². The Hall–Kier alpha value is -1.55. The van der Waals surface area contributed by atoms with Crippen LogP contribution in [0.15, 0.2) is 30.6 Å². The summed E-state index contributed by atoms with van der Waals surface area (Å²) in [4.78, 5) is 3.07. The van der Waals surface area contributed by atoms with E-state index in [1.54, 1.807) is 7.11 Å². The summed E-state index contributed by atoms with van der Waals surface area (Å²) in [5, 5.41) is 0. The number of fused-ring (bicyclic) bond motifs is 1. The first-order valence-electron chi connectivity index (χ1n) is 6.22. The smallest absolute Gasteiger partial charge is 0.177 e. The number of rotatable bonds is 2. The molecule has 0 saturated carbocycles. The number of aromatic amines is 1. The molecule has 1 heterocycles. The summed E-state index contributed by atoms with van der Waals surface area (Å²) in [5.41, 5.74) is 2.76. The van der Waals surface area contributed by atoms with E-state index in [-0.39, 0.29) is 0 Å². The van der Waals surface area contributed by atoms with E-state index in [2.05, 4.69) is 21.7 Å². The zero-order valence-electron chi connectivity index (χ0n) is 10.3. The molecular weight excluding hydrogens is 244 g/mol. The van der Waals surface area contributed by atoms with Gasteiger partial charge in [0.25, 0.3) is 0 Å². The second kappa shape index (κ2) is 4.61. The van der Waals surface area contributed by atoms with Crippen molar-refractivity contribution in [2.45, 2.75) is 25.3 Å². The first-order chi connectivity index (χ1) is 8.79. The molecule has 0 bridgehead atoms. The molecule has 4 heteroatoms. The van der Waals surface area contributed by atoms with E-state index in [4.69, 9.17) is 17.0 Å². The number of benzene rings is 1. The molecule has 94 valence electrons. The molecule has 1 aliphatic rings. The number of methoxy groups -OCH3 is 1. The standard InChI is InChI=1S/C14H16N2OS/c1-17-11-5-6-12-10(9-11)3-2-4-13(12)16-8-7-15-14(16)18/h5-9,13H,2-4H2,1H3,(H,15,18). The van der Waals surface area contributed by atoms with Gasteiger partial charge in [0.2, 0.25) is 0 Å². The Morgan fingerprint density at radius 1 is 1.44 bits per heavy atom. The first kappa shape index (κ1) is 11.5. The summed E-state index contributed by atoms with van der Waals surface area (Å²) in [6.07, 6.45) is 7.40. The van der Waals surface area contributed by atoms with Gasteiger partial charge < -0.3 is 14.3 Å². The van der Waals surface area contributed by atoms with E-state index in [1.807, 2.05) is 18.5 Å². The molecule has 1 N–H and O–H groups in total. The molecule has 0 saturated heterocycles. The topological polar surface area (TPSA) is 29.9 Å². The van der Waals surface area contributed by atoms with Crippen LogP contribution >= 0.6 is 12.2 Å². The summed E-state index contributed by atoms with van der Waals surface area (Å²) in [6, 6.07) is 6.72. The van der Waals surface area contributed by atoms with Gasteiger partial charge in [0.15, 0.2) is 4.77 Å². The fourth-order valence-corrected chi connectivity index (χ4v) is 3.01. The molecule has 1 aromatic carbocycles. The van der Waals surface area contributed by atoms with Crippen LogP contribution in [0, 0.1) is 4.77 Å². The molecule has 18 heavy (non-hydrogen) atoms. The summed E-state index contributed by atoms with van der Waals surface area (Å²) in [6.45, 7) is 0. The Kier molecular flexibility index (Phi) is 2.96. The maximum atomic E-state index is 5.33. The van der Waals surface area contributed by atoms with Gasteiger partial charge in [0.1, 0.15) is 5.75 Å². The number of aromatic nitrogens is 2. The lowest BCUT2D eigenvalue weighted by Gasteiger charge is -2.27. The highest BCUT2D eigenvalue weighted by Gasteiger charge is 2.22.